The van der Waals surface area contributed by atoms with Crippen LogP contribution in [0.4, 0.5) is 0 Å². The van der Waals surface area contributed by atoms with Crippen molar-refractivity contribution < 1.29 is 8.42 Å². The molecule has 0 amide bonds. The van der Waals surface area contributed by atoms with Crippen LogP contribution in [0.2, 0.25) is 0 Å². The Morgan fingerprint density at radius 2 is 1.93 bits per heavy atom. The monoisotopic (exact) mass is 251 g/mol. The van der Waals surface area contributed by atoms with Gasteiger partial charge < -0.3 is 0 Å². The third kappa shape index (κ3) is 2.88. The maximum atomic E-state index is 11.7. The van der Waals surface area contributed by atoms with E-state index in [0.29, 0.717) is 18.8 Å². The summed E-state index contributed by atoms with van der Waals surface area (Å²) >= 11 is 4.37. The molecule has 0 unspecified atom stereocenters. The Balaban J connectivity index is 2.75. The molecule has 0 spiro atoms. The van der Waals surface area contributed by atoms with Crippen molar-refractivity contribution in [2.75, 3.05) is 24.6 Å². The van der Waals surface area contributed by atoms with Crippen LogP contribution in [0, 0.1) is 5.41 Å². The molecule has 5 heteroatoms. The Bertz CT molecular complexity index is 288. The molecule has 1 aliphatic rings. The SMILES string of the molecule is CCC(CC)(CS)CN1CCCS1(=O)=O. The molecule has 0 atom stereocenters. The second-order valence-corrected chi connectivity index (χ2v) is 6.77. The van der Waals surface area contributed by atoms with Gasteiger partial charge in [-0.1, -0.05) is 13.8 Å². The highest BCUT2D eigenvalue weighted by atomic mass is 32.2. The molecule has 0 aromatic rings. The van der Waals surface area contributed by atoms with Crippen molar-refractivity contribution in [3.63, 3.8) is 0 Å². The lowest BCUT2D eigenvalue weighted by Crippen LogP contribution is -2.39. The minimum Gasteiger partial charge on any atom is -0.212 e. The first kappa shape index (κ1) is 13.3. The van der Waals surface area contributed by atoms with Gasteiger partial charge in [-0.2, -0.15) is 12.6 Å². The number of hydrogen-bond acceptors (Lipinski definition) is 3. The van der Waals surface area contributed by atoms with E-state index in [2.05, 4.69) is 26.5 Å². The molecule has 15 heavy (non-hydrogen) atoms. The first-order valence-electron chi connectivity index (χ1n) is 5.58. The van der Waals surface area contributed by atoms with E-state index in [-0.39, 0.29) is 5.41 Å². The van der Waals surface area contributed by atoms with E-state index in [0.717, 1.165) is 25.0 Å². The average molecular weight is 251 g/mol. The Hall–Kier alpha value is 0.260. The van der Waals surface area contributed by atoms with E-state index < -0.39 is 10.0 Å². The van der Waals surface area contributed by atoms with Gasteiger partial charge in [-0.15, -0.1) is 0 Å². The third-order valence-corrected chi connectivity index (χ3v) is 6.12. The molecule has 1 heterocycles. The van der Waals surface area contributed by atoms with Gasteiger partial charge in [0.05, 0.1) is 5.75 Å². The van der Waals surface area contributed by atoms with Gasteiger partial charge >= 0.3 is 0 Å². The van der Waals surface area contributed by atoms with Crippen molar-refractivity contribution >= 4 is 22.7 Å². The first-order valence-corrected chi connectivity index (χ1v) is 7.82. The molecule has 3 nitrogen and oxygen atoms in total. The minimum atomic E-state index is -2.95. The Labute approximate surface area is 98.7 Å². The van der Waals surface area contributed by atoms with Crippen molar-refractivity contribution in [2.45, 2.75) is 33.1 Å². The fourth-order valence-corrected chi connectivity index (χ4v) is 4.17. The molecular formula is C10H21NO2S2. The van der Waals surface area contributed by atoms with E-state index >= 15 is 0 Å². The van der Waals surface area contributed by atoms with Crippen molar-refractivity contribution in [1.29, 1.82) is 0 Å². The van der Waals surface area contributed by atoms with Gasteiger partial charge in [0.15, 0.2) is 0 Å². The fraction of sp³-hybridized carbons (Fsp3) is 1.00. The lowest BCUT2D eigenvalue weighted by Gasteiger charge is -2.33. The summed E-state index contributed by atoms with van der Waals surface area (Å²) in [6.07, 6.45) is 2.75. The molecule has 0 saturated carbocycles. The smallest absolute Gasteiger partial charge is 0.212 e. The van der Waals surface area contributed by atoms with Crippen molar-refractivity contribution in [1.82, 2.24) is 4.31 Å². The number of rotatable bonds is 5. The molecule has 1 aliphatic heterocycles. The molecule has 0 aromatic heterocycles. The highest BCUT2D eigenvalue weighted by molar-refractivity contribution is 7.89. The number of thiol groups is 1. The predicted octanol–water partition coefficient (Wildman–Crippen LogP) is 1.76. The van der Waals surface area contributed by atoms with Gasteiger partial charge in [0.25, 0.3) is 0 Å². The summed E-state index contributed by atoms with van der Waals surface area (Å²) < 4.78 is 25.0. The second-order valence-electron chi connectivity index (χ2n) is 4.37. The quantitative estimate of drug-likeness (QED) is 0.756. The largest absolute Gasteiger partial charge is 0.214 e. The van der Waals surface area contributed by atoms with Gasteiger partial charge in [-0.3, -0.25) is 0 Å². The van der Waals surface area contributed by atoms with Gasteiger partial charge in [-0.25, -0.2) is 12.7 Å². The topological polar surface area (TPSA) is 37.4 Å². The normalized spacial score (nSPS) is 22.1. The highest BCUT2D eigenvalue weighted by Gasteiger charge is 2.35. The summed E-state index contributed by atoms with van der Waals surface area (Å²) in [6, 6.07) is 0. The summed E-state index contributed by atoms with van der Waals surface area (Å²) in [4.78, 5) is 0. The Kier molecular flexibility index (Phi) is 4.50. The molecule has 0 aliphatic carbocycles. The minimum absolute atomic E-state index is 0.0561. The van der Waals surface area contributed by atoms with Crippen LogP contribution in [0.1, 0.15) is 33.1 Å². The van der Waals surface area contributed by atoms with Crippen LogP contribution >= 0.6 is 12.6 Å². The molecule has 1 rings (SSSR count). The fourth-order valence-electron chi connectivity index (χ4n) is 1.99. The molecule has 0 N–H and O–H groups in total. The van der Waals surface area contributed by atoms with Crippen LogP contribution in [0.15, 0.2) is 0 Å². The van der Waals surface area contributed by atoms with Gasteiger partial charge in [0, 0.05) is 13.1 Å². The summed E-state index contributed by atoms with van der Waals surface area (Å²) in [6.45, 7) is 5.56. The summed E-state index contributed by atoms with van der Waals surface area (Å²) in [5.74, 6) is 1.08. The maximum absolute atomic E-state index is 11.7. The van der Waals surface area contributed by atoms with E-state index in [4.69, 9.17) is 0 Å². The first-order chi connectivity index (χ1) is 6.99. The lowest BCUT2D eigenvalue weighted by molar-refractivity contribution is 0.234. The average Bonchev–Trinajstić information content (AvgIpc) is 2.55. The molecule has 0 aromatic carbocycles. The van der Waals surface area contributed by atoms with Crippen molar-refractivity contribution in [2.24, 2.45) is 5.41 Å². The zero-order valence-electron chi connectivity index (χ0n) is 9.57. The van der Waals surface area contributed by atoms with Crippen LogP contribution in [-0.4, -0.2) is 37.3 Å². The number of nitrogens with zero attached hydrogens (tertiary/aromatic N) is 1. The molecule has 1 saturated heterocycles. The van der Waals surface area contributed by atoms with Crippen LogP contribution in [0.5, 0.6) is 0 Å². The lowest BCUT2D eigenvalue weighted by atomic mass is 9.84. The standard InChI is InChI=1S/C10H21NO2S2/c1-3-10(4-2,9-14)8-11-6-5-7-15(11,12)13/h14H,3-9H2,1-2H3. The summed E-state index contributed by atoms with van der Waals surface area (Å²) in [5.41, 5.74) is 0.0561. The van der Waals surface area contributed by atoms with Crippen LogP contribution in [0.3, 0.4) is 0 Å². The van der Waals surface area contributed by atoms with Crippen LogP contribution in [0.25, 0.3) is 0 Å². The van der Waals surface area contributed by atoms with E-state index in [9.17, 15) is 8.42 Å². The number of sulfonamides is 1. The van der Waals surface area contributed by atoms with Crippen LogP contribution in [-0.2, 0) is 10.0 Å². The maximum Gasteiger partial charge on any atom is 0.214 e. The number of hydrogen-bond donors (Lipinski definition) is 1. The molecule has 0 bridgehead atoms. The van der Waals surface area contributed by atoms with E-state index in [1.165, 1.54) is 0 Å². The van der Waals surface area contributed by atoms with Crippen molar-refractivity contribution in [3.05, 3.63) is 0 Å². The van der Waals surface area contributed by atoms with Crippen molar-refractivity contribution in [3.8, 4) is 0 Å². The Morgan fingerprint density at radius 1 is 1.33 bits per heavy atom. The van der Waals surface area contributed by atoms with Gasteiger partial charge in [0.1, 0.15) is 0 Å². The Morgan fingerprint density at radius 3 is 2.27 bits per heavy atom. The third-order valence-electron chi connectivity index (χ3n) is 3.55. The highest BCUT2D eigenvalue weighted by Crippen LogP contribution is 2.31. The van der Waals surface area contributed by atoms with Crippen LogP contribution < -0.4 is 0 Å². The predicted molar refractivity (Wildman–Crippen MR) is 66.8 cm³/mol. The molecule has 0 radical (unpaired) electrons. The molecular weight excluding hydrogens is 230 g/mol. The second kappa shape index (κ2) is 5.06. The van der Waals surface area contributed by atoms with E-state index in [1.54, 1.807) is 4.31 Å². The zero-order chi connectivity index (χ0) is 11.5. The molecule has 90 valence electrons. The van der Waals surface area contributed by atoms with Gasteiger partial charge in [-0.05, 0) is 30.4 Å². The van der Waals surface area contributed by atoms with E-state index in [1.807, 2.05) is 0 Å². The molecule has 1 fully saturated rings. The van der Waals surface area contributed by atoms with Gasteiger partial charge in [0.2, 0.25) is 10.0 Å². The summed E-state index contributed by atoms with van der Waals surface area (Å²) in [7, 11) is -2.95. The summed E-state index contributed by atoms with van der Waals surface area (Å²) in [5, 5.41) is 0. The zero-order valence-corrected chi connectivity index (χ0v) is 11.3.